The van der Waals surface area contributed by atoms with E-state index in [1.807, 2.05) is 6.07 Å². The summed E-state index contributed by atoms with van der Waals surface area (Å²) in [6, 6.07) is 7.03. The van der Waals surface area contributed by atoms with Gasteiger partial charge in [-0.3, -0.25) is 9.47 Å². The number of fused-ring (bicyclic) bond motifs is 3. The third-order valence-corrected chi connectivity index (χ3v) is 5.45. The third-order valence-electron chi connectivity index (χ3n) is 5.45. The van der Waals surface area contributed by atoms with Crippen LogP contribution in [0.15, 0.2) is 29.1 Å². The van der Waals surface area contributed by atoms with Gasteiger partial charge in [0.25, 0.3) is 0 Å². The summed E-state index contributed by atoms with van der Waals surface area (Å²) in [7, 11) is 0. The molecule has 1 atom stereocenters. The highest BCUT2D eigenvalue weighted by atomic mass is 19.1. The van der Waals surface area contributed by atoms with Crippen LogP contribution in [0.5, 0.6) is 5.88 Å². The molecule has 0 amide bonds. The van der Waals surface area contributed by atoms with Gasteiger partial charge in [-0.25, -0.2) is 9.18 Å². The number of anilines is 1. The van der Waals surface area contributed by atoms with Gasteiger partial charge in [0.05, 0.1) is 12.6 Å². The van der Waals surface area contributed by atoms with E-state index in [2.05, 4.69) is 28.6 Å². The molecule has 28 heavy (non-hydrogen) atoms. The molecule has 3 heterocycles. The molecule has 1 saturated heterocycles. The molecule has 2 aliphatic heterocycles. The van der Waals surface area contributed by atoms with E-state index in [1.165, 1.54) is 6.07 Å². The molecule has 0 radical (unpaired) electrons. The van der Waals surface area contributed by atoms with E-state index >= 15 is 0 Å². The van der Waals surface area contributed by atoms with Gasteiger partial charge in [-0.2, -0.15) is 4.98 Å². The molecule has 150 valence electrons. The van der Waals surface area contributed by atoms with Gasteiger partial charge >= 0.3 is 5.69 Å². The number of halogens is 1. The van der Waals surface area contributed by atoms with Crippen LogP contribution in [0.3, 0.4) is 0 Å². The monoisotopic (exact) mass is 386 g/mol. The average Bonchev–Trinajstić information content (AvgIpc) is 3.01. The second-order valence-corrected chi connectivity index (χ2v) is 8.22. The number of piperazine rings is 1. The molecule has 0 spiro atoms. The van der Waals surface area contributed by atoms with Crippen LogP contribution in [0.25, 0.3) is 0 Å². The van der Waals surface area contributed by atoms with Crippen molar-refractivity contribution in [3.05, 3.63) is 51.7 Å². The van der Waals surface area contributed by atoms with Gasteiger partial charge in [-0.15, -0.1) is 0 Å². The molecule has 0 aliphatic carbocycles. The highest BCUT2D eigenvalue weighted by Gasteiger charge is 2.35. The Bertz CT molecular complexity index is 927. The number of hydrogen-bond acceptors (Lipinski definition) is 5. The maximum atomic E-state index is 13.4. The highest BCUT2D eigenvalue weighted by molar-refractivity contribution is 5.47. The van der Waals surface area contributed by atoms with Gasteiger partial charge in [-0.05, 0) is 36.1 Å². The predicted octanol–water partition coefficient (Wildman–Crippen LogP) is 2.43. The molecule has 0 N–H and O–H groups in total. The first-order valence-corrected chi connectivity index (χ1v) is 9.89. The van der Waals surface area contributed by atoms with Crippen molar-refractivity contribution in [1.82, 2.24) is 14.5 Å². The molecule has 1 aromatic carbocycles. The third kappa shape index (κ3) is 3.76. The van der Waals surface area contributed by atoms with Gasteiger partial charge < -0.3 is 9.64 Å². The van der Waals surface area contributed by atoms with Crippen molar-refractivity contribution in [3.8, 4) is 5.88 Å². The summed E-state index contributed by atoms with van der Waals surface area (Å²) in [5.41, 5.74) is 1.15. The summed E-state index contributed by atoms with van der Waals surface area (Å²) in [6.07, 6.45) is 0. The summed E-state index contributed by atoms with van der Waals surface area (Å²) in [4.78, 5) is 21.4. The standard InChI is InChI=1S/C21H27FN4O2/c1-14(2)10-24-6-7-25-17(11-24)12-26-20(25)9-19(23-21(26)27)28-13-16-4-5-18(22)15(3)8-16/h4-5,8-9,14,17H,6-7,10-13H2,1-3H3. The summed E-state index contributed by atoms with van der Waals surface area (Å²) >= 11 is 0. The van der Waals surface area contributed by atoms with E-state index in [1.54, 1.807) is 23.6 Å². The summed E-state index contributed by atoms with van der Waals surface area (Å²) in [6.45, 7) is 11.1. The number of nitrogens with zero attached hydrogens (tertiary/aromatic N) is 4. The lowest BCUT2D eigenvalue weighted by molar-refractivity contribution is 0.202. The van der Waals surface area contributed by atoms with Crippen LogP contribution in [0.2, 0.25) is 0 Å². The first-order valence-electron chi connectivity index (χ1n) is 9.89. The Labute approximate surface area is 164 Å². The quantitative estimate of drug-likeness (QED) is 0.790. The fourth-order valence-electron chi connectivity index (χ4n) is 4.18. The smallest absolute Gasteiger partial charge is 0.352 e. The lowest BCUT2D eigenvalue weighted by atomic mass is 10.1. The van der Waals surface area contributed by atoms with Gasteiger partial charge in [0, 0.05) is 32.2 Å². The van der Waals surface area contributed by atoms with Crippen LogP contribution in [0, 0.1) is 18.7 Å². The number of benzene rings is 1. The van der Waals surface area contributed by atoms with Crippen molar-refractivity contribution in [3.63, 3.8) is 0 Å². The molecular weight excluding hydrogens is 359 g/mol. The van der Waals surface area contributed by atoms with Crippen molar-refractivity contribution < 1.29 is 9.13 Å². The van der Waals surface area contributed by atoms with Crippen molar-refractivity contribution >= 4 is 5.82 Å². The zero-order chi connectivity index (χ0) is 19.8. The number of hydrogen-bond donors (Lipinski definition) is 0. The minimum atomic E-state index is -0.271. The normalized spacial score (nSPS) is 19.0. The first kappa shape index (κ1) is 18.9. The Kier molecular flexibility index (Phi) is 5.10. The molecule has 2 aromatic rings. The highest BCUT2D eigenvalue weighted by Crippen LogP contribution is 2.29. The molecule has 4 rings (SSSR count). The number of aryl methyl sites for hydroxylation is 1. The van der Waals surface area contributed by atoms with Crippen LogP contribution < -0.4 is 15.3 Å². The van der Waals surface area contributed by atoms with Gasteiger partial charge in [0.15, 0.2) is 0 Å². The topological polar surface area (TPSA) is 50.6 Å². The van der Waals surface area contributed by atoms with Gasteiger partial charge in [0.1, 0.15) is 18.2 Å². The van der Waals surface area contributed by atoms with E-state index in [4.69, 9.17) is 4.74 Å². The minimum Gasteiger partial charge on any atom is -0.473 e. The van der Waals surface area contributed by atoms with Crippen LogP contribution in [-0.4, -0.2) is 46.7 Å². The summed E-state index contributed by atoms with van der Waals surface area (Å²) < 4.78 is 20.9. The largest absolute Gasteiger partial charge is 0.473 e. The zero-order valence-electron chi connectivity index (χ0n) is 16.7. The second-order valence-electron chi connectivity index (χ2n) is 8.22. The van der Waals surface area contributed by atoms with Crippen molar-refractivity contribution in [2.45, 2.75) is 40.0 Å². The Morgan fingerprint density at radius 3 is 2.82 bits per heavy atom. The van der Waals surface area contributed by atoms with Gasteiger partial charge in [-0.1, -0.05) is 19.9 Å². The number of ether oxygens (including phenoxy) is 1. The number of rotatable bonds is 5. The number of aromatic nitrogens is 2. The molecule has 7 heteroatoms. The molecule has 1 unspecified atom stereocenters. The maximum Gasteiger partial charge on any atom is 0.352 e. The molecule has 2 aliphatic rings. The van der Waals surface area contributed by atoms with E-state index < -0.39 is 0 Å². The van der Waals surface area contributed by atoms with Crippen LogP contribution in [0.1, 0.15) is 25.0 Å². The molecule has 0 saturated carbocycles. The maximum absolute atomic E-state index is 13.4. The SMILES string of the molecule is Cc1cc(COc2cc3n(c(=O)n2)CC2CN(CC(C)C)CCN32)ccc1F. The van der Waals surface area contributed by atoms with E-state index in [-0.39, 0.29) is 18.1 Å². The van der Waals surface area contributed by atoms with Crippen LogP contribution in [0.4, 0.5) is 10.2 Å². The average molecular weight is 386 g/mol. The van der Waals surface area contributed by atoms with Crippen molar-refractivity contribution in [2.24, 2.45) is 5.92 Å². The first-order chi connectivity index (χ1) is 13.4. The van der Waals surface area contributed by atoms with E-state index in [0.717, 1.165) is 37.6 Å². The van der Waals surface area contributed by atoms with Crippen molar-refractivity contribution in [1.29, 1.82) is 0 Å². The van der Waals surface area contributed by atoms with Crippen molar-refractivity contribution in [2.75, 3.05) is 31.1 Å². The molecule has 6 nitrogen and oxygen atoms in total. The molecule has 1 fully saturated rings. The van der Waals surface area contributed by atoms with Crippen LogP contribution in [-0.2, 0) is 13.2 Å². The van der Waals surface area contributed by atoms with E-state index in [9.17, 15) is 9.18 Å². The lowest BCUT2D eigenvalue weighted by Gasteiger charge is -2.38. The fourth-order valence-corrected chi connectivity index (χ4v) is 4.18. The Morgan fingerprint density at radius 2 is 2.07 bits per heavy atom. The predicted molar refractivity (Wildman–Crippen MR) is 106 cm³/mol. The Morgan fingerprint density at radius 1 is 1.25 bits per heavy atom. The minimum absolute atomic E-state index is 0.236. The molecular formula is C21H27FN4O2. The zero-order valence-corrected chi connectivity index (χ0v) is 16.7. The lowest BCUT2D eigenvalue weighted by Crippen LogP contribution is -2.52. The fraction of sp³-hybridized carbons (Fsp3) is 0.524. The van der Waals surface area contributed by atoms with Gasteiger partial charge in [0.2, 0.25) is 5.88 Å². The molecule has 0 bridgehead atoms. The van der Waals surface area contributed by atoms with E-state index in [0.29, 0.717) is 29.9 Å². The summed E-state index contributed by atoms with van der Waals surface area (Å²) in [5.74, 6) is 1.61. The Balaban J connectivity index is 1.48. The second kappa shape index (κ2) is 7.54. The summed E-state index contributed by atoms with van der Waals surface area (Å²) in [5, 5.41) is 0. The van der Waals surface area contributed by atoms with Crippen LogP contribution >= 0.6 is 0 Å². The molecule has 1 aromatic heterocycles. The Hall–Kier alpha value is -2.41.